The number of H-pyrrole nitrogens is 1. The highest BCUT2D eigenvalue weighted by Gasteiger charge is 2.40. The van der Waals surface area contributed by atoms with Crippen molar-refractivity contribution in [1.29, 1.82) is 0 Å². The summed E-state index contributed by atoms with van der Waals surface area (Å²) in [5.41, 5.74) is -0.141. The number of halogens is 3. The van der Waals surface area contributed by atoms with Crippen LogP contribution >= 0.6 is 0 Å². The maximum absolute atomic E-state index is 13.5. The summed E-state index contributed by atoms with van der Waals surface area (Å²) in [7, 11) is 0. The summed E-state index contributed by atoms with van der Waals surface area (Å²) in [4.78, 5) is 15.1. The number of para-hydroxylation sites is 1. The van der Waals surface area contributed by atoms with E-state index in [1.165, 1.54) is 11.0 Å². The van der Waals surface area contributed by atoms with Gasteiger partial charge in [0.2, 0.25) is 0 Å². The molecule has 4 nitrogen and oxygen atoms in total. The minimum absolute atomic E-state index is 0.0885. The fourth-order valence-electron chi connectivity index (χ4n) is 3.16. The highest BCUT2D eigenvalue weighted by atomic mass is 19.4. The van der Waals surface area contributed by atoms with Gasteiger partial charge in [-0.05, 0) is 18.9 Å². The number of alkyl halides is 3. The van der Waals surface area contributed by atoms with Gasteiger partial charge in [0.15, 0.2) is 0 Å². The van der Waals surface area contributed by atoms with Crippen LogP contribution in [0.4, 0.5) is 18.0 Å². The summed E-state index contributed by atoms with van der Waals surface area (Å²) >= 11 is 0. The predicted octanol–water partition coefficient (Wildman–Crippen LogP) is 4.04. The van der Waals surface area contributed by atoms with Crippen LogP contribution in [0.2, 0.25) is 0 Å². The molecule has 118 valence electrons. The van der Waals surface area contributed by atoms with Crippen LogP contribution in [0.1, 0.15) is 30.0 Å². The molecule has 1 aromatic carbocycles. The van der Waals surface area contributed by atoms with Gasteiger partial charge in [0, 0.05) is 35.6 Å². The van der Waals surface area contributed by atoms with E-state index < -0.39 is 23.8 Å². The van der Waals surface area contributed by atoms with Crippen LogP contribution in [-0.2, 0) is 6.18 Å². The number of hydrogen-bond acceptors (Lipinski definition) is 1. The molecule has 1 aliphatic heterocycles. The van der Waals surface area contributed by atoms with Gasteiger partial charge >= 0.3 is 12.3 Å². The van der Waals surface area contributed by atoms with Crippen molar-refractivity contribution in [2.75, 3.05) is 13.1 Å². The fourth-order valence-corrected chi connectivity index (χ4v) is 3.16. The Bertz CT molecular complexity index is 708. The number of benzene rings is 1. The summed E-state index contributed by atoms with van der Waals surface area (Å²) in [5, 5.41) is 9.20. The van der Waals surface area contributed by atoms with E-state index in [0.717, 1.165) is 0 Å². The molecule has 1 atom stereocenters. The molecule has 0 saturated carbocycles. The SMILES string of the molecule is O=C(O)N1CCCC(c2[nH]c3ccccc3c2C(F)(F)F)C1. The van der Waals surface area contributed by atoms with Crippen LogP contribution in [0.25, 0.3) is 10.9 Å². The number of carboxylic acid groups (broad SMARTS) is 1. The molecule has 1 amide bonds. The summed E-state index contributed by atoms with van der Waals surface area (Å²) < 4.78 is 40.4. The Hall–Kier alpha value is -2.18. The minimum Gasteiger partial charge on any atom is -0.465 e. The molecule has 2 heterocycles. The summed E-state index contributed by atoms with van der Waals surface area (Å²) in [6.07, 6.45) is -4.46. The van der Waals surface area contributed by atoms with Crippen LogP contribution in [0, 0.1) is 0 Å². The number of piperidine rings is 1. The van der Waals surface area contributed by atoms with E-state index >= 15 is 0 Å². The van der Waals surface area contributed by atoms with E-state index in [2.05, 4.69) is 4.98 Å². The summed E-state index contributed by atoms with van der Waals surface area (Å²) in [6, 6.07) is 6.29. The van der Waals surface area contributed by atoms with Crippen molar-refractivity contribution in [1.82, 2.24) is 9.88 Å². The topological polar surface area (TPSA) is 56.3 Å². The Kier molecular flexibility index (Phi) is 3.50. The van der Waals surface area contributed by atoms with Gasteiger partial charge in [0.05, 0.1) is 5.56 Å². The number of aromatic nitrogens is 1. The van der Waals surface area contributed by atoms with Gasteiger partial charge in [0.1, 0.15) is 0 Å². The first-order valence-electron chi connectivity index (χ1n) is 7.03. The lowest BCUT2D eigenvalue weighted by molar-refractivity contribution is -0.137. The molecule has 1 aromatic heterocycles. The zero-order chi connectivity index (χ0) is 15.9. The summed E-state index contributed by atoms with van der Waals surface area (Å²) in [5.74, 6) is -0.464. The lowest BCUT2D eigenvalue weighted by Gasteiger charge is -2.31. The third-order valence-corrected chi connectivity index (χ3v) is 4.12. The van der Waals surface area contributed by atoms with E-state index in [1.807, 2.05) is 0 Å². The first kappa shape index (κ1) is 14.7. The Morgan fingerprint density at radius 1 is 1.32 bits per heavy atom. The third-order valence-electron chi connectivity index (χ3n) is 4.12. The molecule has 0 spiro atoms. The molecule has 2 N–H and O–H groups in total. The maximum Gasteiger partial charge on any atom is 0.418 e. The number of nitrogens with one attached hydrogen (secondary N) is 1. The molecule has 0 aliphatic carbocycles. The average molecular weight is 312 g/mol. The highest BCUT2D eigenvalue weighted by Crippen LogP contribution is 2.42. The van der Waals surface area contributed by atoms with Crippen molar-refractivity contribution >= 4 is 17.0 Å². The number of fused-ring (bicyclic) bond motifs is 1. The number of carbonyl (C=O) groups is 1. The lowest BCUT2D eigenvalue weighted by atomic mass is 9.92. The first-order valence-corrected chi connectivity index (χ1v) is 7.03. The van der Waals surface area contributed by atoms with Crippen molar-refractivity contribution in [3.63, 3.8) is 0 Å². The molecule has 1 aliphatic rings. The molecule has 3 rings (SSSR count). The average Bonchev–Trinajstić information content (AvgIpc) is 2.86. The van der Waals surface area contributed by atoms with Crippen LogP contribution < -0.4 is 0 Å². The van der Waals surface area contributed by atoms with Crippen molar-refractivity contribution in [2.24, 2.45) is 0 Å². The quantitative estimate of drug-likeness (QED) is 0.835. The highest BCUT2D eigenvalue weighted by molar-refractivity contribution is 5.85. The molecular weight excluding hydrogens is 297 g/mol. The maximum atomic E-state index is 13.5. The number of nitrogens with zero attached hydrogens (tertiary/aromatic N) is 1. The smallest absolute Gasteiger partial charge is 0.418 e. The summed E-state index contributed by atoms with van der Waals surface area (Å²) in [6.45, 7) is 0.457. The molecule has 1 unspecified atom stereocenters. The zero-order valence-electron chi connectivity index (χ0n) is 11.7. The van der Waals surface area contributed by atoms with Crippen molar-refractivity contribution in [2.45, 2.75) is 24.9 Å². The molecule has 7 heteroatoms. The minimum atomic E-state index is -4.47. The van der Waals surface area contributed by atoms with Gasteiger partial charge in [-0.3, -0.25) is 0 Å². The van der Waals surface area contributed by atoms with Crippen molar-refractivity contribution in [3.8, 4) is 0 Å². The van der Waals surface area contributed by atoms with E-state index in [-0.39, 0.29) is 17.6 Å². The van der Waals surface area contributed by atoms with Crippen LogP contribution in [0.3, 0.4) is 0 Å². The first-order chi connectivity index (χ1) is 10.4. The second-order valence-electron chi connectivity index (χ2n) is 5.52. The zero-order valence-corrected chi connectivity index (χ0v) is 11.7. The van der Waals surface area contributed by atoms with E-state index in [0.29, 0.717) is 24.9 Å². The molecule has 22 heavy (non-hydrogen) atoms. The Labute approximate surface area is 124 Å². The molecule has 1 saturated heterocycles. The third kappa shape index (κ3) is 2.51. The number of hydrogen-bond donors (Lipinski definition) is 2. The van der Waals surface area contributed by atoms with Crippen LogP contribution in [-0.4, -0.2) is 34.2 Å². The number of amides is 1. The van der Waals surface area contributed by atoms with E-state index in [1.54, 1.807) is 18.2 Å². The Morgan fingerprint density at radius 3 is 2.73 bits per heavy atom. The standard InChI is InChI=1S/C15H15F3N2O2/c16-15(17,18)12-10-5-1-2-6-11(10)19-13(12)9-4-3-7-20(8-9)14(21)22/h1-2,5-6,9,19H,3-4,7-8H2,(H,21,22). The lowest BCUT2D eigenvalue weighted by Crippen LogP contribution is -2.38. The predicted molar refractivity (Wildman–Crippen MR) is 74.9 cm³/mol. The van der Waals surface area contributed by atoms with Gasteiger partial charge < -0.3 is 15.0 Å². The van der Waals surface area contributed by atoms with E-state index in [4.69, 9.17) is 5.11 Å². The number of aromatic amines is 1. The molecule has 1 fully saturated rings. The monoisotopic (exact) mass is 312 g/mol. The normalized spacial score (nSPS) is 19.6. The van der Waals surface area contributed by atoms with Crippen molar-refractivity contribution < 1.29 is 23.1 Å². The van der Waals surface area contributed by atoms with Crippen molar-refractivity contribution in [3.05, 3.63) is 35.5 Å². The molecule has 0 radical (unpaired) electrons. The fraction of sp³-hybridized carbons (Fsp3) is 0.400. The van der Waals surface area contributed by atoms with Gasteiger partial charge in [-0.15, -0.1) is 0 Å². The molecular formula is C15H15F3N2O2. The molecule has 2 aromatic rings. The number of rotatable bonds is 1. The largest absolute Gasteiger partial charge is 0.465 e. The van der Waals surface area contributed by atoms with E-state index in [9.17, 15) is 18.0 Å². The van der Waals surface area contributed by atoms with Gasteiger partial charge in [-0.2, -0.15) is 13.2 Å². The van der Waals surface area contributed by atoms with Gasteiger partial charge in [0.25, 0.3) is 0 Å². The van der Waals surface area contributed by atoms with Gasteiger partial charge in [-0.25, -0.2) is 4.79 Å². The Morgan fingerprint density at radius 2 is 2.05 bits per heavy atom. The van der Waals surface area contributed by atoms with Crippen LogP contribution in [0.15, 0.2) is 24.3 Å². The van der Waals surface area contributed by atoms with Crippen LogP contribution in [0.5, 0.6) is 0 Å². The van der Waals surface area contributed by atoms with Gasteiger partial charge in [-0.1, -0.05) is 18.2 Å². The second-order valence-corrected chi connectivity index (χ2v) is 5.52. The molecule has 0 bridgehead atoms. The second kappa shape index (κ2) is 5.23. The Balaban J connectivity index is 2.08. The number of likely N-dealkylation sites (tertiary alicyclic amines) is 1.